The van der Waals surface area contributed by atoms with E-state index in [1.807, 2.05) is 12.1 Å². The van der Waals surface area contributed by atoms with Gasteiger partial charge < -0.3 is 4.74 Å². The van der Waals surface area contributed by atoms with E-state index in [9.17, 15) is 4.21 Å². The van der Waals surface area contributed by atoms with Gasteiger partial charge >= 0.3 is 0 Å². The third-order valence-corrected chi connectivity index (χ3v) is 6.95. The molecule has 0 bridgehead atoms. The first-order valence-electron chi connectivity index (χ1n) is 10.5. The van der Waals surface area contributed by atoms with Crippen LogP contribution in [-0.2, 0) is 21.6 Å². The smallest absolute Gasteiger partial charge is 0.119 e. The van der Waals surface area contributed by atoms with Crippen LogP contribution in [0.25, 0.3) is 11.6 Å². The number of allylic oxidation sites excluding steroid dienone is 1. The molecule has 156 valence electrons. The zero-order valence-electron chi connectivity index (χ0n) is 18.7. The van der Waals surface area contributed by atoms with E-state index in [2.05, 4.69) is 71.0 Å². The molecule has 0 heterocycles. The minimum Gasteiger partial charge on any atom is -0.493 e. The summed E-state index contributed by atoms with van der Waals surface area (Å²) in [6.07, 6.45) is 6.40. The van der Waals surface area contributed by atoms with Gasteiger partial charge in [-0.2, -0.15) is 0 Å². The van der Waals surface area contributed by atoms with Crippen molar-refractivity contribution in [2.24, 2.45) is 0 Å². The van der Waals surface area contributed by atoms with Crippen molar-refractivity contribution in [3.05, 3.63) is 64.7 Å². The minimum atomic E-state index is -0.819. The maximum absolute atomic E-state index is 11.1. The molecule has 3 rings (SSSR count). The van der Waals surface area contributed by atoms with Crippen molar-refractivity contribution >= 4 is 22.4 Å². The van der Waals surface area contributed by atoms with Gasteiger partial charge in [0.1, 0.15) is 5.75 Å². The second-order valence-electron chi connectivity index (χ2n) is 9.55. The van der Waals surface area contributed by atoms with E-state index in [4.69, 9.17) is 4.74 Å². The molecular weight excluding hydrogens is 376 g/mol. The van der Waals surface area contributed by atoms with E-state index < -0.39 is 10.8 Å². The van der Waals surface area contributed by atoms with Crippen molar-refractivity contribution in [1.82, 2.24) is 0 Å². The predicted molar refractivity (Wildman–Crippen MR) is 126 cm³/mol. The molecule has 0 fully saturated rings. The van der Waals surface area contributed by atoms with Crippen molar-refractivity contribution in [2.75, 3.05) is 18.6 Å². The van der Waals surface area contributed by atoms with Gasteiger partial charge in [0.05, 0.1) is 12.4 Å². The normalized spacial score (nSPS) is 18.8. The van der Waals surface area contributed by atoms with E-state index >= 15 is 0 Å². The predicted octanol–water partition coefficient (Wildman–Crippen LogP) is 6.35. The Bertz CT molecular complexity index is 920. The first-order chi connectivity index (χ1) is 13.6. The average molecular weight is 411 g/mol. The first-order valence-corrected chi connectivity index (χ1v) is 12.2. The lowest BCUT2D eigenvalue weighted by Gasteiger charge is -2.42. The molecular formula is C26H34O2S. The van der Waals surface area contributed by atoms with E-state index in [1.165, 1.54) is 35.1 Å². The maximum atomic E-state index is 11.1. The summed E-state index contributed by atoms with van der Waals surface area (Å²) in [5, 5.41) is 0. The number of ether oxygens (including phenoxy) is 1. The standard InChI is InChI=1S/C26H34O2S/c1-19(17-20-7-10-22(11-8-20)28-15-16-29(6)27)21-9-12-23-24(18-21)26(4,5)14-13-25(23,2)3/h7-12,17-18H,13-16H2,1-6H3/b19-17+. The number of hydrogen-bond donors (Lipinski definition) is 0. The SMILES string of the molecule is C/C(=C\c1ccc(OCCS(C)=O)cc1)c1ccc2c(c1)C(C)(C)CCC2(C)C. The Labute approximate surface area is 178 Å². The Morgan fingerprint density at radius 2 is 1.62 bits per heavy atom. The summed E-state index contributed by atoms with van der Waals surface area (Å²) < 4.78 is 16.8. The van der Waals surface area contributed by atoms with E-state index in [-0.39, 0.29) is 10.8 Å². The molecule has 1 unspecified atom stereocenters. The Balaban J connectivity index is 1.81. The van der Waals surface area contributed by atoms with E-state index in [0.29, 0.717) is 12.4 Å². The second kappa shape index (κ2) is 8.47. The van der Waals surface area contributed by atoms with Gasteiger partial charge in [-0.25, -0.2) is 0 Å². The zero-order chi connectivity index (χ0) is 21.2. The minimum absolute atomic E-state index is 0.224. The van der Waals surface area contributed by atoms with Gasteiger partial charge in [0.2, 0.25) is 0 Å². The van der Waals surface area contributed by atoms with Gasteiger partial charge in [0.25, 0.3) is 0 Å². The van der Waals surface area contributed by atoms with Crippen LogP contribution < -0.4 is 4.74 Å². The molecule has 2 aromatic carbocycles. The van der Waals surface area contributed by atoms with Crippen LogP contribution in [0.2, 0.25) is 0 Å². The van der Waals surface area contributed by atoms with Crippen LogP contribution in [0.5, 0.6) is 5.75 Å². The van der Waals surface area contributed by atoms with E-state index in [1.54, 1.807) is 6.26 Å². The highest BCUT2D eigenvalue weighted by Crippen LogP contribution is 2.46. The number of rotatable bonds is 6. The molecule has 0 saturated heterocycles. The van der Waals surface area contributed by atoms with E-state index in [0.717, 1.165) is 11.3 Å². The molecule has 0 amide bonds. The lowest BCUT2D eigenvalue weighted by molar-refractivity contribution is 0.332. The molecule has 1 aliphatic carbocycles. The zero-order valence-corrected chi connectivity index (χ0v) is 19.5. The first kappa shape index (κ1) is 21.8. The molecule has 1 aliphatic rings. The number of benzene rings is 2. The summed E-state index contributed by atoms with van der Waals surface area (Å²) in [7, 11) is -0.819. The molecule has 29 heavy (non-hydrogen) atoms. The van der Waals surface area contributed by atoms with Crippen molar-refractivity contribution in [3.63, 3.8) is 0 Å². The molecule has 1 atom stereocenters. The van der Waals surface area contributed by atoms with Crippen molar-refractivity contribution in [3.8, 4) is 5.75 Å². The lowest BCUT2D eigenvalue weighted by atomic mass is 9.63. The number of fused-ring (bicyclic) bond motifs is 1. The fourth-order valence-electron chi connectivity index (χ4n) is 4.10. The quantitative estimate of drug-likeness (QED) is 0.518. The van der Waals surface area contributed by atoms with Gasteiger partial charge in [-0.15, -0.1) is 0 Å². The molecule has 2 nitrogen and oxygen atoms in total. The fraction of sp³-hybridized carbons (Fsp3) is 0.462. The van der Waals surface area contributed by atoms with Crippen molar-refractivity contribution < 1.29 is 8.95 Å². The molecule has 3 heteroatoms. The van der Waals surface area contributed by atoms with Crippen LogP contribution in [0.4, 0.5) is 0 Å². The maximum Gasteiger partial charge on any atom is 0.119 e. The monoisotopic (exact) mass is 410 g/mol. The third-order valence-electron chi connectivity index (χ3n) is 6.21. The van der Waals surface area contributed by atoms with Crippen LogP contribution in [-0.4, -0.2) is 22.8 Å². The van der Waals surface area contributed by atoms with Crippen molar-refractivity contribution in [1.29, 1.82) is 0 Å². The highest BCUT2D eigenvalue weighted by atomic mass is 32.2. The van der Waals surface area contributed by atoms with Gasteiger partial charge in [-0.1, -0.05) is 64.1 Å². The summed E-state index contributed by atoms with van der Waals surface area (Å²) in [6, 6.07) is 15.1. The topological polar surface area (TPSA) is 26.3 Å². The van der Waals surface area contributed by atoms with Crippen LogP contribution in [0.1, 0.15) is 69.7 Å². The molecule has 0 radical (unpaired) electrons. The highest BCUT2D eigenvalue weighted by molar-refractivity contribution is 7.84. The molecule has 0 aliphatic heterocycles. The Hall–Kier alpha value is -1.87. The van der Waals surface area contributed by atoms with Gasteiger partial charge in [0.15, 0.2) is 0 Å². The summed E-state index contributed by atoms with van der Waals surface area (Å²) in [5.41, 5.74) is 7.19. The Morgan fingerprint density at radius 3 is 2.24 bits per heavy atom. The average Bonchev–Trinajstić information content (AvgIpc) is 2.66. The Morgan fingerprint density at radius 1 is 1.00 bits per heavy atom. The van der Waals surface area contributed by atoms with Crippen LogP contribution in [0, 0.1) is 0 Å². The van der Waals surface area contributed by atoms with Crippen molar-refractivity contribution in [2.45, 2.75) is 58.3 Å². The molecule has 0 saturated carbocycles. The second-order valence-corrected chi connectivity index (χ2v) is 11.1. The fourth-order valence-corrected chi connectivity index (χ4v) is 4.42. The third kappa shape index (κ3) is 5.19. The summed E-state index contributed by atoms with van der Waals surface area (Å²) in [6.45, 7) is 12.1. The Kier molecular flexibility index (Phi) is 6.38. The van der Waals surface area contributed by atoms with Crippen LogP contribution in [0.15, 0.2) is 42.5 Å². The van der Waals surface area contributed by atoms with Crippen LogP contribution >= 0.6 is 0 Å². The lowest BCUT2D eigenvalue weighted by Crippen LogP contribution is -2.33. The van der Waals surface area contributed by atoms with Gasteiger partial charge in [-0.05, 0) is 70.6 Å². The highest BCUT2D eigenvalue weighted by Gasteiger charge is 2.36. The molecule has 0 N–H and O–H groups in total. The summed E-state index contributed by atoms with van der Waals surface area (Å²) in [5.74, 6) is 1.38. The largest absolute Gasteiger partial charge is 0.493 e. The van der Waals surface area contributed by atoms with Gasteiger partial charge in [0, 0.05) is 17.1 Å². The number of hydrogen-bond acceptors (Lipinski definition) is 2. The molecule has 0 aromatic heterocycles. The summed E-state index contributed by atoms with van der Waals surface area (Å²) in [4.78, 5) is 0. The molecule has 2 aromatic rings. The molecule has 0 spiro atoms. The summed E-state index contributed by atoms with van der Waals surface area (Å²) >= 11 is 0. The van der Waals surface area contributed by atoms with Gasteiger partial charge in [-0.3, -0.25) is 4.21 Å². The van der Waals surface area contributed by atoms with Crippen LogP contribution in [0.3, 0.4) is 0 Å².